The number of ether oxygens (including phenoxy) is 1. The van der Waals surface area contributed by atoms with Crippen molar-refractivity contribution in [1.29, 1.82) is 0 Å². The van der Waals surface area contributed by atoms with Crippen LogP contribution in [-0.2, 0) is 4.74 Å². The van der Waals surface area contributed by atoms with Crippen molar-refractivity contribution in [1.82, 2.24) is 10.6 Å². The first-order chi connectivity index (χ1) is 13.2. The largest absolute Gasteiger partial charge is 0.393 e. The summed E-state index contributed by atoms with van der Waals surface area (Å²) < 4.78 is 5.33. The number of amides is 2. The zero-order chi connectivity index (χ0) is 18.9. The van der Waals surface area contributed by atoms with E-state index in [1.165, 1.54) is 0 Å². The van der Waals surface area contributed by atoms with Gasteiger partial charge >= 0.3 is 6.03 Å². The maximum atomic E-state index is 12.4. The molecule has 0 spiro atoms. The second kappa shape index (κ2) is 10.1. The minimum atomic E-state index is -0.395. The number of urea groups is 1. The number of carbonyl (C=O) groups excluding carboxylic acids is 1. The summed E-state index contributed by atoms with van der Waals surface area (Å²) in [5.41, 5.74) is 2.06. The second-order valence-electron chi connectivity index (χ2n) is 6.96. The van der Waals surface area contributed by atoms with E-state index in [0.29, 0.717) is 26.2 Å². The summed E-state index contributed by atoms with van der Waals surface area (Å²) in [6, 6.07) is 19.4. The molecule has 0 aliphatic carbocycles. The van der Waals surface area contributed by atoms with Crippen molar-refractivity contribution < 1.29 is 14.6 Å². The molecule has 3 N–H and O–H groups in total. The summed E-state index contributed by atoms with van der Waals surface area (Å²) in [4.78, 5) is 12.4. The number of benzene rings is 2. The molecule has 2 amide bonds. The number of hydrogen-bond donors (Lipinski definition) is 3. The van der Waals surface area contributed by atoms with Crippen molar-refractivity contribution in [3.8, 4) is 0 Å². The molecular formula is C22H28N2O3. The number of carbonyl (C=O) groups is 1. The quantitative estimate of drug-likeness (QED) is 0.703. The Balaban J connectivity index is 1.53. The smallest absolute Gasteiger partial charge is 0.315 e. The van der Waals surface area contributed by atoms with E-state index in [4.69, 9.17) is 4.74 Å². The highest BCUT2D eigenvalue weighted by atomic mass is 16.5. The van der Waals surface area contributed by atoms with Crippen molar-refractivity contribution in [2.24, 2.45) is 5.92 Å². The van der Waals surface area contributed by atoms with Gasteiger partial charge in [0.15, 0.2) is 0 Å². The van der Waals surface area contributed by atoms with Gasteiger partial charge in [-0.15, -0.1) is 0 Å². The van der Waals surface area contributed by atoms with Gasteiger partial charge in [-0.1, -0.05) is 60.7 Å². The van der Waals surface area contributed by atoms with Gasteiger partial charge in [0.2, 0.25) is 0 Å². The van der Waals surface area contributed by atoms with E-state index in [0.717, 1.165) is 24.0 Å². The number of hydrogen-bond acceptors (Lipinski definition) is 3. The Hall–Kier alpha value is -2.37. The summed E-state index contributed by atoms with van der Waals surface area (Å²) in [6.07, 6.45) is 1.93. The Bertz CT molecular complexity index is 648. The minimum Gasteiger partial charge on any atom is -0.393 e. The molecule has 0 bridgehead atoms. The van der Waals surface area contributed by atoms with Crippen LogP contribution < -0.4 is 10.6 Å². The number of aliphatic hydroxyl groups excluding tert-OH is 1. The first-order valence-corrected chi connectivity index (χ1v) is 9.64. The van der Waals surface area contributed by atoms with Crippen LogP contribution in [0.25, 0.3) is 0 Å². The first-order valence-electron chi connectivity index (χ1n) is 9.64. The van der Waals surface area contributed by atoms with Gasteiger partial charge in [0, 0.05) is 19.8 Å². The SMILES string of the molecule is O=C(NCCC(O)C1CCOCC1)NC(c1ccccc1)c1ccccc1. The van der Waals surface area contributed by atoms with Gasteiger partial charge in [0.05, 0.1) is 12.1 Å². The Kier molecular flexibility index (Phi) is 7.25. The zero-order valence-electron chi connectivity index (χ0n) is 15.5. The molecule has 1 fully saturated rings. The molecule has 5 heteroatoms. The average molecular weight is 368 g/mol. The molecule has 0 radical (unpaired) electrons. The van der Waals surface area contributed by atoms with Gasteiger partial charge < -0.3 is 20.5 Å². The van der Waals surface area contributed by atoms with Gasteiger partial charge in [-0.3, -0.25) is 0 Å². The molecule has 1 aliphatic heterocycles. The van der Waals surface area contributed by atoms with E-state index >= 15 is 0 Å². The molecule has 3 rings (SSSR count). The molecule has 1 saturated heterocycles. The highest BCUT2D eigenvalue weighted by Crippen LogP contribution is 2.22. The lowest BCUT2D eigenvalue weighted by molar-refractivity contribution is 0.00545. The third-order valence-electron chi connectivity index (χ3n) is 5.08. The predicted molar refractivity (Wildman–Crippen MR) is 105 cm³/mol. The third-order valence-corrected chi connectivity index (χ3v) is 5.08. The normalized spacial score (nSPS) is 16.1. The number of rotatable bonds is 7. The zero-order valence-corrected chi connectivity index (χ0v) is 15.5. The van der Waals surface area contributed by atoms with Crippen LogP contribution in [0.1, 0.15) is 36.4 Å². The van der Waals surface area contributed by atoms with Crippen molar-refractivity contribution in [3.05, 3.63) is 71.8 Å². The predicted octanol–water partition coefficient (Wildman–Crippen LogP) is 3.25. The van der Waals surface area contributed by atoms with Crippen LogP contribution in [0.3, 0.4) is 0 Å². The Morgan fingerprint density at radius 3 is 2.11 bits per heavy atom. The minimum absolute atomic E-state index is 0.215. The van der Waals surface area contributed by atoms with Crippen LogP contribution in [0, 0.1) is 5.92 Å². The highest BCUT2D eigenvalue weighted by molar-refractivity contribution is 5.75. The Morgan fingerprint density at radius 1 is 1.00 bits per heavy atom. The van der Waals surface area contributed by atoms with E-state index in [1.54, 1.807) is 0 Å². The summed E-state index contributed by atoms with van der Waals surface area (Å²) in [5, 5.41) is 16.2. The van der Waals surface area contributed by atoms with Crippen LogP contribution in [0.2, 0.25) is 0 Å². The summed E-state index contributed by atoms with van der Waals surface area (Å²) in [6.45, 7) is 1.87. The molecule has 1 aliphatic rings. The highest BCUT2D eigenvalue weighted by Gasteiger charge is 2.22. The molecule has 2 aromatic carbocycles. The van der Waals surface area contributed by atoms with Crippen LogP contribution in [-0.4, -0.2) is 37.0 Å². The van der Waals surface area contributed by atoms with Crippen LogP contribution in [0.5, 0.6) is 0 Å². The Morgan fingerprint density at radius 2 is 1.56 bits per heavy atom. The lowest BCUT2D eigenvalue weighted by Crippen LogP contribution is -2.40. The molecule has 1 unspecified atom stereocenters. The third kappa shape index (κ3) is 5.81. The molecule has 27 heavy (non-hydrogen) atoms. The molecular weight excluding hydrogens is 340 g/mol. The van der Waals surface area contributed by atoms with Crippen LogP contribution >= 0.6 is 0 Å². The summed E-state index contributed by atoms with van der Waals surface area (Å²) in [5.74, 6) is 0.269. The van der Waals surface area contributed by atoms with Crippen molar-refractivity contribution in [2.75, 3.05) is 19.8 Å². The van der Waals surface area contributed by atoms with E-state index in [2.05, 4.69) is 10.6 Å². The van der Waals surface area contributed by atoms with Crippen molar-refractivity contribution in [2.45, 2.75) is 31.4 Å². The van der Waals surface area contributed by atoms with E-state index in [-0.39, 0.29) is 18.0 Å². The van der Waals surface area contributed by atoms with Gasteiger partial charge in [0.1, 0.15) is 0 Å². The molecule has 0 saturated carbocycles. The monoisotopic (exact) mass is 368 g/mol. The van der Waals surface area contributed by atoms with Gasteiger partial charge in [-0.05, 0) is 36.3 Å². The molecule has 0 aromatic heterocycles. The first kappa shape index (κ1) is 19.4. The fraction of sp³-hybridized carbons (Fsp3) is 0.409. The van der Waals surface area contributed by atoms with Gasteiger partial charge in [0.25, 0.3) is 0 Å². The fourth-order valence-electron chi connectivity index (χ4n) is 3.50. The van der Waals surface area contributed by atoms with Crippen molar-refractivity contribution in [3.63, 3.8) is 0 Å². The lowest BCUT2D eigenvalue weighted by atomic mass is 9.92. The van der Waals surface area contributed by atoms with Gasteiger partial charge in [-0.2, -0.15) is 0 Å². The molecule has 2 aromatic rings. The van der Waals surface area contributed by atoms with E-state index in [9.17, 15) is 9.90 Å². The van der Waals surface area contributed by atoms with Crippen molar-refractivity contribution >= 4 is 6.03 Å². The summed E-state index contributed by atoms with van der Waals surface area (Å²) in [7, 11) is 0. The van der Waals surface area contributed by atoms with E-state index < -0.39 is 6.10 Å². The van der Waals surface area contributed by atoms with Crippen LogP contribution in [0.4, 0.5) is 4.79 Å². The number of aliphatic hydroxyl groups is 1. The fourth-order valence-corrected chi connectivity index (χ4v) is 3.50. The topological polar surface area (TPSA) is 70.6 Å². The molecule has 144 valence electrons. The number of nitrogens with one attached hydrogen (secondary N) is 2. The Labute approximate surface area is 160 Å². The standard InChI is InChI=1S/C22H28N2O3/c25-20(17-12-15-27-16-13-17)11-14-23-22(26)24-21(18-7-3-1-4-8-18)19-9-5-2-6-10-19/h1-10,17,20-21,25H,11-16H2,(H2,23,24,26). The lowest BCUT2D eigenvalue weighted by Gasteiger charge is -2.27. The average Bonchev–Trinajstić information content (AvgIpc) is 2.74. The maximum absolute atomic E-state index is 12.4. The molecule has 1 atom stereocenters. The molecule has 5 nitrogen and oxygen atoms in total. The van der Waals surface area contributed by atoms with Crippen LogP contribution in [0.15, 0.2) is 60.7 Å². The second-order valence-corrected chi connectivity index (χ2v) is 6.96. The summed E-state index contributed by atoms with van der Waals surface area (Å²) >= 11 is 0. The molecule has 1 heterocycles. The van der Waals surface area contributed by atoms with Gasteiger partial charge in [-0.25, -0.2) is 4.79 Å². The maximum Gasteiger partial charge on any atom is 0.315 e. The van der Waals surface area contributed by atoms with E-state index in [1.807, 2.05) is 60.7 Å².